The second kappa shape index (κ2) is 6.53. The molecule has 1 rings (SSSR count). The van der Waals surface area contributed by atoms with Crippen LogP contribution in [0, 0.1) is 0 Å². The largest absolute Gasteiger partial charge is 0.416 e. The van der Waals surface area contributed by atoms with E-state index in [0.29, 0.717) is 12.1 Å². The minimum Gasteiger partial charge on any atom is -0.389 e. The number of ether oxygens (including phenoxy) is 1. The number of halogens is 3. The molecule has 0 aliphatic heterocycles. The maximum atomic E-state index is 12.3. The van der Waals surface area contributed by atoms with Crippen molar-refractivity contribution in [2.45, 2.75) is 17.2 Å². The van der Waals surface area contributed by atoms with Gasteiger partial charge in [-0.25, -0.2) is 13.1 Å². The molecule has 1 atom stereocenters. The van der Waals surface area contributed by atoms with Gasteiger partial charge in [0.2, 0.25) is 10.0 Å². The van der Waals surface area contributed by atoms with Gasteiger partial charge in [0.1, 0.15) is 0 Å². The van der Waals surface area contributed by atoms with Crippen molar-refractivity contribution >= 4 is 10.0 Å². The summed E-state index contributed by atoms with van der Waals surface area (Å²) in [6.07, 6.45) is -5.56. The molecule has 0 heterocycles. The molecule has 1 unspecified atom stereocenters. The van der Waals surface area contributed by atoms with Crippen LogP contribution in [-0.2, 0) is 20.9 Å². The molecule has 2 N–H and O–H groups in total. The normalized spacial score (nSPS) is 14.2. The lowest BCUT2D eigenvalue weighted by atomic mass is 10.2. The molecule has 5 nitrogen and oxygen atoms in total. The zero-order valence-electron chi connectivity index (χ0n) is 10.5. The summed E-state index contributed by atoms with van der Waals surface area (Å²) in [7, 11) is -2.63. The third-order valence-electron chi connectivity index (χ3n) is 2.36. The number of aliphatic hydroxyl groups excluding tert-OH is 1. The predicted molar refractivity (Wildman–Crippen MR) is 64.5 cm³/mol. The fourth-order valence-electron chi connectivity index (χ4n) is 1.36. The van der Waals surface area contributed by atoms with Crippen LogP contribution < -0.4 is 4.72 Å². The third kappa shape index (κ3) is 4.75. The summed E-state index contributed by atoms with van der Waals surface area (Å²) in [6, 6.07) is 3.07. The standard InChI is InChI=1S/C11H14F3NO4S/c1-19-7-9(16)6-15-20(17,18)10-4-2-8(3-5-10)11(12,13)14/h2-5,9,15-16H,6-7H2,1H3. The number of methoxy groups -OCH3 is 1. The van der Waals surface area contributed by atoms with Crippen LogP contribution in [0.25, 0.3) is 0 Å². The number of hydrogen-bond donors (Lipinski definition) is 2. The summed E-state index contributed by atoms with van der Waals surface area (Å²) in [5.74, 6) is 0. The molecule has 0 amide bonds. The van der Waals surface area contributed by atoms with E-state index in [4.69, 9.17) is 0 Å². The lowest BCUT2D eigenvalue weighted by Gasteiger charge is -2.12. The van der Waals surface area contributed by atoms with Crippen molar-refractivity contribution in [2.75, 3.05) is 20.3 Å². The Morgan fingerprint density at radius 3 is 2.30 bits per heavy atom. The lowest BCUT2D eigenvalue weighted by molar-refractivity contribution is -0.137. The second-order valence-electron chi connectivity index (χ2n) is 3.98. The molecule has 0 spiro atoms. The first-order valence-electron chi connectivity index (χ1n) is 5.51. The molecule has 0 bridgehead atoms. The molecule has 0 aromatic heterocycles. The highest BCUT2D eigenvalue weighted by atomic mass is 32.2. The summed E-state index contributed by atoms with van der Waals surface area (Å²) in [6.45, 7) is -0.354. The number of benzene rings is 1. The van der Waals surface area contributed by atoms with Crippen molar-refractivity contribution in [2.24, 2.45) is 0 Å². The Kier molecular flexibility index (Phi) is 5.51. The first-order valence-corrected chi connectivity index (χ1v) is 6.99. The second-order valence-corrected chi connectivity index (χ2v) is 5.75. The Morgan fingerprint density at radius 1 is 1.30 bits per heavy atom. The molecular formula is C11H14F3NO4S. The van der Waals surface area contributed by atoms with Gasteiger partial charge in [0.25, 0.3) is 0 Å². The summed E-state index contributed by atoms with van der Waals surface area (Å²) < 4.78 is 67.2. The van der Waals surface area contributed by atoms with E-state index >= 15 is 0 Å². The van der Waals surface area contributed by atoms with Crippen LogP contribution in [0.5, 0.6) is 0 Å². The van der Waals surface area contributed by atoms with E-state index in [-0.39, 0.29) is 18.0 Å². The summed E-state index contributed by atoms with van der Waals surface area (Å²) in [5, 5.41) is 9.31. The van der Waals surface area contributed by atoms with Crippen molar-refractivity contribution in [3.05, 3.63) is 29.8 Å². The zero-order chi connectivity index (χ0) is 15.4. The van der Waals surface area contributed by atoms with Crippen LogP contribution in [0.15, 0.2) is 29.2 Å². The molecule has 0 radical (unpaired) electrons. The van der Waals surface area contributed by atoms with Crippen LogP contribution in [-0.4, -0.2) is 39.9 Å². The van der Waals surface area contributed by atoms with Gasteiger partial charge in [-0.05, 0) is 24.3 Å². The average Bonchev–Trinajstić information content (AvgIpc) is 2.36. The number of aliphatic hydroxyl groups is 1. The Balaban J connectivity index is 2.78. The van der Waals surface area contributed by atoms with Gasteiger partial charge in [-0.1, -0.05) is 0 Å². The number of alkyl halides is 3. The van der Waals surface area contributed by atoms with E-state index in [1.807, 2.05) is 0 Å². The highest BCUT2D eigenvalue weighted by Gasteiger charge is 2.30. The van der Waals surface area contributed by atoms with Gasteiger partial charge in [-0.3, -0.25) is 0 Å². The topological polar surface area (TPSA) is 75.6 Å². The molecule has 114 valence electrons. The molecule has 1 aromatic carbocycles. The van der Waals surface area contributed by atoms with Crippen LogP contribution in [0.1, 0.15) is 5.56 Å². The highest BCUT2D eigenvalue weighted by Crippen LogP contribution is 2.29. The highest BCUT2D eigenvalue weighted by molar-refractivity contribution is 7.89. The van der Waals surface area contributed by atoms with E-state index in [9.17, 15) is 26.7 Å². The molecular weight excluding hydrogens is 299 g/mol. The van der Waals surface area contributed by atoms with Gasteiger partial charge in [0.05, 0.1) is 23.2 Å². The minimum absolute atomic E-state index is 0.0600. The first-order chi connectivity index (χ1) is 9.16. The lowest BCUT2D eigenvalue weighted by Crippen LogP contribution is -2.34. The summed E-state index contributed by atoms with van der Waals surface area (Å²) in [5.41, 5.74) is -0.934. The Hall–Kier alpha value is -1.16. The van der Waals surface area contributed by atoms with Crippen molar-refractivity contribution in [3.8, 4) is 0 Å². The van der Waals surface area contributed by atoms with Crippen molar-refractivity contribution in [3.63, 3.8) is 0 Å². The van der Waals surface area contributed by atoms with Gasteiger partial charge in [0, 0.05) is 13.7 Å². The van der Waals surface area contributed by atoms with E-state index in [1.165, 1.54) is 7.11 Å². The van der Waals surface area contributed by atoms with Gasteiger partial charge >= 0.3 is 6.18 Å². The Bertz CT molecular complexity index is 528. The first kappa shape index (κ1) is 16.9. The molecule has 0 saturated heterocycles. The Labute approximate surface area is 114 Å². The van der Waals surface area contributed by atoms with Gasteiger partial charge < -0.3 is 9.84 Å². The number of nitrogens with one attached hydrogen (secondary N) is 1. The van der Waals surface area contributed by atoms with Crippen LogP contribution in [0.3, 0.4) is 0 Å². The van der Waals surface area contributed by atoms with Gasteiger partial charge in [-0.15, -0.1) is 0 Å². The molecule has 1 aromatic rings. The van der Waals surface area contributed by atoms with E-state index < -0.39 is 27.9 Å². The minimum atomic E-state index is -4.52. The molecule has 20 heavy (non-hydrogen) atoms. The smallest absolute Gasteiger partial charge is 0.389 e. The van der Waals surface area contributed by atoms with Gasteiger partial charge in [-0.2, -0.15) is 13.2 Å². The fourth-order valence-corrected chi connectivity index (χ4v) is 2.44. The SMILES string of the molecule is COCC(O)CNS(=O)(=O)c1ccc(C(F)(F)F)cc1. The van der Waals surface area contributed by atoms with Crippen molar-refractivity contribution in [1.82, 2.24) is 4.72 Å². The number of rotatable bonds is 6. The van der Waals surface area contributed by atoms with E-state index in [0.717, 1.165) is 12.1 Å². The molecule has 9 heteroatoms. The van der Waals surface area contributed by atoms with Crippen LogP contribution >= 0.6 is 0 Å². The quantitative estimate of drug-likeness (QED) is 0.821. The molecule has 0 fully saturated rings. The molecule has 0 aliphatic rings. The van der Waals surface area contributed by atoms with E-state index in [1.54, 1.807) is 0 Å². The number of sulfonamides is 1. The summed E-state index contributed by atoms with van der Waals surface area (Å²) >= 11 is 0. The summed E-state index contributed by atoms with van der Waals surface area (Å²) in [4.78, 5) is -0.310. The van der Waals surface area contributed by atoms with Crippen molar-refractivity contribution < 1.29 is 31.4 Å². The van der Waals surface area contributed by atoms with E-state index in [2.05, 4.69) is 9.46 Å². The maximum Gasteiger partial charge on any atom is 0.416 e. The Morgan fingerprint density at radius 2 is 1.85 bits per heavy atom. The van der Waals surface area contributed by atoms with Gasteiger partial charge in [0.15, 0.2) is 0 Å². The zero-order valence-corrected chi connectivity index (χ0v) is 11.3. The molecule has 0 saturated carbocycles. The molecule has 0 aliphatic carbocycles. The third-order valence-corrected chi connectivity index (χ3v) is 3.80. The van der Waals surface area contributed by atoms with Crippen LogP contribution in [0.2, 0.25) is 0 Å². The average molecular weight is 313 g/mol. The fraction of sp³-hybridized carbons (Fsp3) is 0.455. The number of hydrogen-bond acceptors (Lipinski definition) is 4. The predicted octanol–water partition coefficient (Wildman–Crippen LogP) is 0.991. The van der Waals surface area contributed by atoms with Crippen LogP contribution in [0.4, 0.5) is 13.2 Å². The monoisotopic (exact) mass is 313 g/mol. The van der Waals surface area contributed by atoms with Crippen molar-refractivity contribution in [1.29, 1.82) is 0 Å². The maximum absolute atomic E-state index is 12.3.